The highest BCUT2D eigenvalue weighted by Crippen LogP contribution is 2.37. The molecule has 13 nitrogen and oxygen atoms in total. The number of nitrogens with one attached hydrogen (secondary N) is 2. The second kappa shape index (κ2) is 10.7. The zero-order valence-corrected chi connectivity index (χ0v) is 21.7. The molecule has 0 atom stereocenters. The fourth-order valence-electron chi connectivity index (χ4n) is 4.40. The second-order valence-corrected chi connectivity index (χ2v) is 10.2. The smallest absolute Gasteiger partial charge is 0.410 e. The van der Waals surface area contributed by atoms with Crippen LogP contribution in [0.5, 0.6) is 5.75 Å². The number of nitrogens with two attached hydrogens (primary N) is 1. The Bertz CT molecular complexity index is 1370. The summed E-state index contributed by atoms with van der Waals surface area (Å²) < 4.78 is 29.1. The largest absolute Gasteiger partial charge is 0.414 e. The molecule has 2 amide bonds. The van der Waals surface area contributed by atoms with E-state index in [4.69, 9.17) is 10.6 Å². The number of rotatable bonds is 7. The molecule has 0 aliphatic carbocycles. The van der Waals surface area contributed by atoms with Crippen LogP contribution in [0.2, 0.25) is 0 Å². The number of benzene rings is 1. The lowest BCUT2D eigenvalue weighted by molar-refractivity contribution is -0.127. The lowest BCUT2D eigenvalue weighted by atomic mass is 9.77. The number of thiol groups is 1. The Balaban J connectivity index is 1.55. The monoisotopic (exact) mass is 530 g/mol. The number of aryl methyl sites for hydroxylation is 1. The number of anilines is 2. The highest BCUT2D eigenvalue weighted by Gasteiger charge is 2.43. The van der Waals surface area contributed by atoms with Crippen LogP contribution in [0, 0.1) is 12.3 Å². The molecule has 0 spiro atoms. The topological polar surface area (TPSA) is 167 Å². The number of ether oxygens (including phenoxy) is 1. The molecule has 0 unspecified atom stereocenters. The molecule has 4 rings (SSSR count). The molecule has 1 aliphatic heterocycles. The van der Waals surface area contributed by atoms with Gasteiger partial charge in [0.2, 0.25) is 16.8 Å². The zero-order chi connectivity index (χ0) is 26.7. The molecule has 1 aliphatic rings. The molecule has 37 heavy (non-hydrogen) atoms. The number of fused-ring (bicyclic) bond motifs is 1. The summed E-state index contributed by atoms with van der Waals surface area (Å²) in [4.78, 5) is 40.7. The molecular formula is C23H30N8O5S. The molecule has 1 saturated heterocycles. The number of aromatic nitrogens is 3. The van der Waals surface area contributed by atoms with Crippen LogP contribution in [0.4, 0.5) is 16.3 Å². The first-order valence-electron chi connectivity index (χ1n) is 11.6. The van der Waals surface area contributed by atoms with Gasteiger partial charge in [-0.05, 0) is 37.5 Å². The Morgan fingerprint density at radius 1 is 1.24 bits per heavy atom. The Hall–Kier alpha value is -3.75. The van der Waals surface area contributed by atoms with Crippen molar-refractivity contribution in [3.8, 4) is 5.75 Å². The molecule has 4 N–H and O–H groups in total. The summed E-state index contributed by atoms with van der Waals surface area (Å²) in [6.45, 7) is 2.69. The van der Waals surface area contributed by atoms with Crippen molar-refractivity contribution in [1.29, 1.82) is 0 Å². The van der Waals surface area contributed by atoms with Crippen molar-refractivity contribution >= 4 is 45.4 Å². The average Bonchev–Trinajstić information content (AvgIpc) is 3.25. The van der Waals surface area contributed by atoms with Crippen LogP contribution < -0.4 is 20.8 Å². The van der Waals surface area contributed by atoms with Gasteiger partial charge in [0.15, 0.2) is 0 Å². The number of carbonyl (C=O) groups is 2. The summed E-state index contributed by atoms with van der Waals surface area (Å²) in [6.07, 6.45) is 3.47. The lowest BCUT2D eigenvalue weighted by Crippen LogP contribution is -2.53. The fraction of sp³-hybridized carbons (Fsp3) is 0.391. The molecule has 198 valence electrons. The predicted octanol–water partition coefficient (Wildman–Crippen LogP) is 1.25. The molecule has 1 fully saturated rings. The Morgan fingerprint density at radius 2 is 1.97 bits per heavy atom. The van der Waals surface area contributed by atoms with Gasteiger partial charge in [-0.3, -0.25) is 10.6 Å². The van der Waals surface area contributed by atoms with Gasteiger partial charge in [-0.1, -0.05) is 6.07 Å². The standard InChI is InChI=1S/C23H30N8O5S/c1-15-12-25-19-18(15)20(27-14-26-19)30-9-7-23(8-10-30,13-31(24)37(34)35)21(32)28-16-5-4-6-17(11-16)36-22(33)29(2)3/h4-6,11-12,14,37H,7-10,13,24H2,1-3H3,(H,28,32)(H,25,26,27). The van der Waals surface area contributed by atoms with E-state index in [-0.39, 0.29) is 18.2 Å². The molecule has 14 heteroatoms. The minimum atomic E-state index is -3.07. The van der Waals surface area contributed by atoms with Crippen LogP contribution in [-0.4, -0.2) is 78.4 Å². The van der Waals surface area contributed by atoms with Gasteiger partial charge in [-0.25, -0.2) is 23.2 Å². The third kappa shape index (κ3) is 5.65. The molecule has 0 saturated carbocycles. The average molecular weight is 531 g/mol. The highest BCUT2D eigenvalue weighted by atomic mass is 32.2. The van der Waals surface area contributed by atoms with Crippen molar-refractivity contribution in [3.63, 3.8) is 0 Å². The van der Waals surface area contributed by atoms with Gasteiger partial charge in [0, 0.05) is 51.7 Å². The van der Waals surface area contributed by atoms with Gasteiger partial charge in [-0.15, -0.1) is 4.41 Å². The van der Waals surface area contributed by atoms with Gasteiger partial charge >= 0.3 is 6.09 Å². The summed E-state index contributed by atoms with van der Waals surface area (Å²) in [5.74, 6) is 6.40. The van der Waals surface area contributed by atoms with Crippen LogP contribution >= 0.6 is 0 Å². The van der Waals surface area contributed by atoms with Crippen LogP contribution in [0.3, 0.4) is 0 Å². The molecule has 2 aromatic heterocycles. The number of hydrazine groups is 1. The maximum atomic E-state index is 13.6. The molecular weight excluding hydrogens is 500 g/mol. The van der Waals surface area contributed by atoms with Gasteiger partial charge in [0.1, 0.15) is 23.5 Å². The number of H-pyrrole nitrogens is 1. The van der Waals surface area contributed by atoms with Gasteiger partial charge < -0.3 is 24.8 Å². The molecule has 0 bridgehead atoms. The highest BCUT2D eigenvalue weighted by molar-refractivity contribution is 7.69. The maximum absolute atomic E-state index is 13.6. The molecule has 3 heterocycles. The van der Waals surface area contributed by atoms with E-state index in [9.17, 15) is 18.0 Å². The normalized spacial score (nSPS) is 15.2. The summed E-state index contributed by atoms with van der Waals surface area (Å²) in [5, 5.41) is 3.77. The molecule has 1 aromatic carbocycles. The fourth-order valence-corrected chi connectivity index (χ4v) is 4.79. The summed E-state index contributed by atoms with van der Waals surface area (Å²) in [6, 6.07) is 6.43. The van der Waals surface area contributed by atoms with Crippen LogP contribution in [0.1, 0.15) is 18.4 Å². The number of carbonyl (C=O) groups excluding carboxylic acids is 2. The Morgan fingerprint density at radius 3 is 2.65 bits per heavy atom. The van der Waals surface area contributed by atoms with E-state index in [1.807, 2.05) is 13.1 Å². The van der Waals surface area contributed by atoms with Crippen LogP contribution in [-0.2, 0) is 15.7 Å². The second-order valence-electron chi connectivity index (χ2n) is 9.24. The lowest BCUT2D eigenvalue weighted by Gasteiger charge is -2.42. The van der Waals surface area contributed by atoms with Gasteiger partial charge in [0.25, 0.3) is 0 Å². The quantitative estimate of drug-likeness (QED) is 0.200. The number of amides is 2. The Kier molecular flexibility index (Phi) is 7.61. The van der Waals surface area contributed by atoms with E-state index in [1.165, 1.54) is 17.3 Å². The van der Waals surface area contributed by atoms with Gasteiger partial charge in [0.05, 0.1) is 10.8 Å². The SMILES string of the molecule is Cc1c[nH]c2ncnc(N3CCC(CN(N)[SH](=O)=O)(C(=O)Nc4cccc(OC(=O)N(C)C)c4)CC3)c12. The van der Waals surface area contributed by atoms with Gasteiger partial charge in [-0.2, -0.15) is 0 Å². The minimum absolute atomic E-state index is 0.178. The number of hydrogen-bond donors (Lipinski definition) is 4. The summed E-state index contributed by atoms with van der Waals surface area (Å²) >= 11 is 0. The first kappa shape index (κ1) is 26.3. The van der Waals surface area contributed by atoms with Crippen molar-refractivity contribution in [3.05, 3.63) is 42.4 Å². The summed E-state index contributed by atoms with van der Waals surface area (Å²) in [7, 11) is 0.0561. The van der Waals surface area contributed by atoms with E-state index in [0.29, 0.717) is 36.0 Å². The van der Waals surface area contributed by atoms with Crippen molar-refractivity contribution in [2.24, 2.45) is 11.3 Å². The first-order valence-corrected chi connectivity index (χ1v) is 12.7. The van der Waals surface area contributed by atoms with E-state index in [0.717, 1.165) is 22.4 Å². The summed E-state index contributed by atoms with van der Waals surface area (Å²) in [5.41, 5.74) is 1.05. The predicted molar refractivity (Wildman–Crippen MR) is 138 cm³/mol. The van der Waals surface area contributed by atoms with E-state index in [2.05, 4.69) is 25.2 Å². The van der Waals surface area contributed by atoms with Crippen LogP contribution in [0.15, 0.2) is 36.8 Å². The maximum Gasteiger partial charge on any atom is 0.414 e. The van der Waals surface area contributed by atoms with Crippen LogP contribution in [0.25, 0.3) is 11.0 Å². The first-order chi connectivity index (χ1) is 17.6. The third-order valence-electron chi connectivity index (χ3n) is 6.49. The number of hydrogen-bond acceptors (Lipinski definition) is 9. The van der Waals surface area contributed by atoms with E-state index < -0.39 is 22.4 Å². The van der Waals surface area contributed by atoms with Crippen molar-refractivity contribution in [2.75, 3.05) is 43.9 Å². The Labute approximate surface area is 215 Å². The van der Waals surface area contributed by atoms with E-state index >= 15 is 0 Å². The van der Waals surface area contributed by atoms with Crippen molar-refractivity contribution in [2.45, 2.75) is 19.8 Å². The zero-order valence-electron chi connectivity index (χ0n) is 20.8. The number of nitrogens with zero attached hydrogens (tertiary/aromatic N) is 5. The molecule has 3 aromatic rings. The minimum Gasteiger partial charge on any atom is -0.410 e. The third-order valence-corrected chi connectivity index (χ3v) is 7.05. The van der Waals surface area contributed by atoms with E-state index in [1.54, 1.807) is 32.3 Å². The number of piperidine rings is 1. The molecule has 0 radical (unpaired) electrons. The van der Waals surface area contributed by atoms with Crippen molar-refractivity contribution in [1.82, 2.24) is 24.3 Å². The number of aromatic amines is 1. The van der Waals surface area contributed by atoms with Crippen molar-refractivity contribution < 1.29 is 22.7 Å².